The summed E-state index contributed by atoms with van der Waals surface area (Å²) >= 11 is 0. The van der Waals surface area contributed by atoms with Crippen LogP contribution in [0.5, 0.6) is 0 Å². The Balaban J connectivity index is 1.71. The Labute approximate surface area is 142 Å². The highest BCUT2D eigenvalue weighted by molar-refractivity contribution is 5.45. The van der Waals surface area contributed by atoms with Crippen molar-refractivity contribution in [2.24, 2.45) is 0 Å². The number of nitrogens with one attached hydrogen (secondary N) is 1. The van der Waals surface area contributed by atoms with Crippen molar-refractivity contribution in [1.82, 2.24) is 15.0 Å². The van der Waals surface area contributed by atoms with Crippen molar-refractivity contribution in [2.75, 3.05) is 17.3 Å². The lowest BCUT2D eigenvalue weighted by molar-refractivity contribution is 0.884. The molecule has 3 aromatic rings. The first-order chi connectivity index (χ1) is 11.7. The van der Waals surface area contributed by atoms with Crippen molar-refractivity contribution in [3.8, 4) is 0 Å². The molecule has 0 amide bonds. The van der Waals surface area contributed by atoms with Crippen LogP contribution >= 0.6 is 0 Å². The Bertz CT molecular complexity index is 774. The summed E-state index contributed by atoms with van der Waals surface area (Å²) in [6, 6.07) is 16.3. The molecule has 0 bridgehead atoms. The minimum Gasteiger partial charge on any atom is -0.355 e. The molecular weight excluding hydrogens is 298 g/mol. The highest BCUT2D eigenvalue weighted by atomic mass is 15.2. The third-order valence-electron chi connectivity index (χ3n) is 3.67. The number of hydrogen-bond donors (Lipinski definition) is 1. The molecule has 0 aliphatic carbocycles. The summed E-state index contributed by atoms with van der Waals surface area (Å²) in [6.07, 6.45) is 3.61. The van der Waals surface area contributed by atoms with Gasteiger partial charge in [-0.2, -0.15) is 4.98 Å². The molecule has 0 atom stereocenters. The maximum Gasteiger partial charge on any atom is 0.225 e. The first-order valence-corrected chi connectivity index (χ1v) is 7.94. The van der Waals surface area contributed by atoms with Crippen LogP contribution in [-0.2, 0) is 13.1 Å². The van der Waals surface area contributed by atoms with Crippen molar-refractivity contribution < 1.29 is 0 Å². The molecule has 0 aliphatic rings. The molecule has 0 radical (unpaired) electrons. The quantitative estimate of drug-likeness (QED) is 0.754. The zero-order chi connectivity index (χ0) is 16.8. The molecule has 24 heavy (non-hydrogen) atoms. The maximum atomic E-state index is 4.63. The molecule has 5 heteroatoms. The van der Waals surface area contributed by atoms with Gasteiger partial charge in [0, 0.05) is 44.3 Å². The van der Waals surface area contributed by atoms with Crippen LogP contribution in [0.25, 0.3) is 0 Å². The highest BCUT2D eigenvalue weighted by Crippen LogP contribution is 2.16. The van der Waals surface area contributed by atoms with E-state index in [1.807, 2.05) is 44.4 Å². The summed E-state index contributed by atoms with van der Waals surface area (Å²) in [5, 5.41) is 3.27. The Morgan fingerprint density at radius 2 is 1.79 bits per heavy atom. The van der Waals surface area contributed by atoms with Crippen LogP contribution in [0.3, 0.4) is 0 Å². The summed E-state index contributed by atoms with van der Waals surface area (Å²) in [5.74, 6) is 1.54. The van der Waals surface area contributed by atoms with E-state index in [1.165, 1.54) is 5.56 Å². The second kappa shape index (κ2) is 7.55. The molecule has 3 rings (SSSR count). The van der Waals surface area contributed by atoms with E-state index in [9.17, 15) is 0 Å². The lowest BCUT2D eigenvalue weighted by Crippen LogP contribution is -2.19. The molecule has 0 saturated carbocycles. The molecule has 122 valence electrons. The van der Waals surface area contributed by atoms with Crippen LogP contribution in [-0.4, -0.2) is 22.0 Å². The second-order valence-electron chi connectivity index (χ2n) is 5.75. The molecule has 0 saturated heterocycles. The van der Waals surface area contributed by atoms with Crippen molar-refractivity contribution in [3.05, 3.63) is 77.7 Å². The van der Waals surface area contributed by atoms with Gasteiger partial charge in [-0.1, -0.05) is 36.4 Å². The number of aromatic nitrogens is 3. The average molecular weight is 319 g/mol. The van der Waals surface area contributed by atoms with Gasteiger partial charge in [0.15, 0.2) is 0 Å². The number of rotatable bonds is 6. The van der Waals surface area contributed by atoms with E-state index in [4.69, 9.17) is 0 Å². The zero-order valence-electron chi connectivity index (χ0n) is 14.0. The Kier molecular flexibility index (Phi) is 5.01. The fraction of sp³-hybridized carbons (Fsp3) is 0.211. The third kappa shape index (κ3) is 4.29. The number of benzene rings is 1. The van der Waals surface area contributed by atoms with Gasteiger partial charge in [-0.25, -0.2) is 4.98 Å². The molecule has 2 heterocycles. The summed E-state index contributed by atoms with van der Waals surface area (Å²) in [4.78, 5) is 15.3. The number of aryl methyl sites for hydroxylation is 1. The van der Waals surface area contributed by atoms with Crippen molar-refractivity contribution in [3.63, 3.8) is 0 Å². The summed E-state index contributed by atoms with van der Waals surface area (Å²) in [7, 11) is 2.04. The number of anilines is 2. The predicted octanol–water partition coefficient (Wildman–Crippen LogP) is 3.43. The highest BCUT2D eigenvalue weighted by Gasteiger charge is 2.07. The normalized spacial score (nSPS) is 10.4. The monoisotopic (exact) mass is 319 g/mol. The van der Waals surface area contributed by atoms with Crippen LogP contribution < -0.4 is 10.2 Å². The van der Waals surface area contributed by atoms with Gasteiger partial charge in [0.1, 0.15) is 5.82 Å². The lowest BCUT2D eigenvalue weighted by Gasteiger charge is -2.19. The van der Waals surface area contributed by atoms with Gasteiger partial charge in [-0.15, -0.1) is 0 Å². The Hall–Kier alpha value is -2.95. The lowest BCUT2D eigenvalue weighted by atomic mass is 10.2. The molecular formula is C19H21N5. The number of hydrogen-bond acceptors (Lipinski definition) is 5. The van der Waals surface area contributed by atoms with E-state index < -0.39 is 0 Å². The van der Waals surface area contributed by atoms with Crippen LogP contribution in [0.4, 0.5) is 11.8 Å². The standard InChI is InChI=1S/C19H21N5/c1-15-11-18(24(2)14-16-7-4-3-5-8-16)23-19(22-15)21-13-17-9-6-10-20-12-17/h3-12H,13-14H2,1-2H3,(H,21,22,23). The minimum atomic E-state index is 0.633. The Morgan fingerprint density at radius 1 is 1.00 bits per heavy atom. The molecule has 5 nitrogen and oxygen atoms in total. The summed E-state index contributed by atoms with van der Waals surface area (Å²) in [6.45, 7) is 3.44. The largest absolute Gasteiger partial charge is 0.355 e. The number of nitrogens with zero attached hydrogens (tertiary/aromatic N) is 4. The Morgan fingerprint density at radius 3 is 2.54 bits per heavy atom. The van der Waals surface area contributed by atoms with E-state index >= 15 is 0 Å². The molecule has 1 N–H and O–H groups in total. The van der Waals surface area contributed by atoms with E-state index in [0.717, 1.165) is 23.6 Å². The third-order valence-corrected chi connectivity index (χ3v) is 3.67. The fourth-order valence-electron chi connectivity index (χ4n) is 2.45. The van der Waals surface area contributed by atoms with Gasteiger partial charge >= 0.3 is 0 Å². The van der Waals surface area contributed by atoms with Crippen molar-refractivity contribution in [1.29, 1.82) is 0 Å². The fourth-order valence-corrected chi connectivity index (χ4v) is 2.45. The first kappa shape index (κ1) is 15.9. The van der Waals surface area contributed by atoms with Crippen molar-refractivity contribution >= 4 is 11.8 Å². The van der Waals surface area contributed by atoms with Gasteiger partial charge in [0.2, 0.25) is 5.95 Å². The number of pyridine rings is 1. The van der Waals surface area contributed by atoms with E-state index in [0.29, 0.717) is 12.5 Å². The smallest absolute Gasteiger partial charge is 0.225 e. The van der Waals surface area contributed by atoms with Crippen LogP contribution in [0.1, 0.15) is 16.8 Å². The SMILES string of the molecule is Cc1cc(N(C)Cc2ccccc2)nc(NCc2cccnc2)n1. The van der Waals surface area contributed by atoms with E-state index in [-0.39, 0.29) is 0 Å². The van der Waals surface area contributed by atoms with Gasteiger partial charge < -0.3 is 10.2 Å². The van der Waals surface area contributed by atoms with Crippen LogP contribution in [0.15, 0.2) is 60.9 Å². The minimum absolute atomic E-state index is 0.633. The topological polar surface area (TPSA) is 53.9 Å². The molecule has 0 fully saturated rings. The van der Waals surface area contributed by atoms with Crippen LogP contribution in [0, 0.1) is 6.92 Å². The maximum absolute atomic E-state index is 4.63. The first-order valence-electron chi connectivity index (χ1n) is 7.94. The zero-order valence-corrected chi connectivity index (χ0v) is 14.0. The molecule has 0 aliphatic heterocycles. The molecule has 0 unspecified atom stereocenters. The second-order valence-corrected chi connectivity index (χ2v) is 5.75. The van der Waals surface area contributed by atoms with Gasteiger partial charge in [0.25, 0.3) is 0 Å². The van der Waals surface area contributed by atoms with Crippen molar-refractivity contribution in [2.45, 2.75) is 20.0 Å². The average Bonchev–Trinajstić information content (AvgIpc) is 2.61. The summed E-state index contributed by atoms with van der Waals surface area (Å²) in [5.41, 5.74) is 3.29. The van der Waals surface area contributed by atoms with Gasteiger partial charge in [-0.05, 0) is 24.1 Å². The van der Waals surface area contributed by atoms with Crippen LogP contribution in [0.2, 0.25) is 0 Å². The van der Waals surface area contributed by atoms with Gasteiger partial charge in [-0.3, -0.25) is 4.98 Å². The molecule has 0 spiro atoms. The molecule has 2 aromatic heterocycles. The van der Waals surface area contributed by atoms with Gasteiger partial charge in [0.05, 0.1) is 0 Å². The predicted molar refractivity (Wildman–Crippen MR) is 96.9 cm³/mol. The van der Waals surface area contributed by atoms with E-state index in [2.05, 4.69) is 49.4 Å². The molecule has 1 aromatic carbocycles. The summed E-state index contributed by atoms with van der Waals surface area (Å²) < 4.78 is 0. The van der Waals surface area contributed by atoms with E-state index in [1.54, 1.807) is 6.20 Å².